The maximum atomic E-state index is 11.8. The van der Waals surface area contributed by atoms with E-state index in [9.17, 15) is 9.59 Å². The number of hydrogen-bond donors (Lipinski definition) is 2. The summed E-state index contributed by atoms with van der Waals surface area (Å²) in [5.74, 6) is -1.24. The van der Waals surface area contributed by atoms with E-state index in [1.807, 2.05) is 0 Å². The minimum atomic E-state index is -1.02. The van der Waals surface area contributed by atoms with Gasteiger partial charge in [-0.05, 0) is 31.7 Å². The lowest BCUT2D eigenvalue weighted by molar-refractivity contribution is -0.142. The number of nitrogens with one attached hydrogen (secondary N) is 1. The van der Waals surface area contributed by atoms with Gasteiger partial charge in [0.1, 0.15) is 6.04 Å². The van der Waals surface area contributed by atoms with E-state index in [0.717, 1.165) is 19.3 Å². The van der Waals surface area contributed by atoms with Gasteiger partial charge < -0.3 is 15.2 Å². The smallest absolute Gasteiger partial charge is 0.326 e. The van der Waals surface area contributed by atoms with Crippen molar-refractivity contribution in [1.82, 2.24) is 5.32 Å². The third-order valence-electron chi connectivity index (χ3n) is 3.48. The molecule has 0 aliphatic rings. The number of unbranched alkanes of at least 4 members (excludes halogenated alkanes) is 1. The quantitative estimate of drug-likeness (QED) is 0.650. The normalized spacial score (nSPS) is 11.9. The fourth-order valence-corrected chi connectivity index (χ4v) is 2.13. The Labute approximate surface area is 131 Å². The molecule has 2 N–H and O–H groups in total. The summed E-state index contributed by atoms with van der Waals surface area (Å²) < 4.78 is 4.85. The van der Waals surface area contributed by atoms with Crippen molar-refractivity contribution in [1.29, 1.82) is 0 Å². The number of methoxy groups -OCH3 is 1. The van der Waals surface area contributed by atoms with E-state index in [4.69, 9.17) is 9.84 Å². The summed E-state index contributed by atoms with van der Waals surface area (Å²) in [5.41, 5.74) is 2.49. The molecule has 5 heteroatoms. The van der Waals surface area contributed by atoms with Crippen LogP contribution in [-0.2, 0) is 20.7 Å². The molecule has 0 aromatic heterocycles. The van der Waals surface area contributed by atoms with Crippen LogP contribution >= 0.6 is 0 Å². The monoisotopic (exact) mass is 307 g/mol. The molecule has 122 valence electrons. The molecule has 1 rings (SSSR count). The van der Waals surface area contributed by atoms with Crippen LogP contribution in [0.1, 0.15) is 36.8 Å². The lowest BCUT2D eigenvalue weighted by Gasteiger charge is -2.13. The van der Waals surface area contributed by atoms with Gasteiger partial charge in [0.2, 0.25) is 5.91 Å². The summed E-state index contributed by atoms with van der Waals surface area (Å²) in [4.78, 5) is 22.8. The Balaban J connectivity index is 2.24. The van der Waals surface area contributed by atoms with Crippen LogP contribution < -0.4 is 5.32 Å². The van der Waals surface area contributed by atoms with Crippen LogP contribution in [0.2, 0.25) is 0 Å². The molecule has 0 bridgehead atoms. The second-order valence-corrected chi connectivity index (χ2v) is 5.43. The van der Waals surface area contributed by atoms with Crippen molar-refractivity contribution in [2.45, 2.75) is 45.1 Å². The Morgan fingerprint density at radius 2 is 1.91 bits per heavy atom. The van der Waals surface area contributed by atoms with Crippen molar-refractivity contribution < 1.29 is 19.4 Å². The first-order chi connectivity index (χ1) is 10.5. The topological polar surface area (TPSA) is 75.6 Å². The molecular weight excluding hydrogens is 282 g/mol. The first-order valence-electron chi connectivity index (χ1n) is 7.59. The number of amides is 1. The SMILES string of the molecule is COCCC(NC(=O)CCCCc1ccc(C)cc1)C(=O)O. The maximum Gasteiger partial charge on any atom is 0.326 e. The van der Waals surface area contributed by atoms with E-state index < -0.39 is 12.0 Å². The molecule has 0 aliphatic heterocycles. The van der Waals surface area contributed by atoms with Gasteiger partial charge >= 0.3 is 5.97 Å². The summed E-state index contributed by atoms with van der Waals surface area (Å²) in [6, 6.07) is 7.48. The molecule has 1 unspecified atom stereocenters. The van der Waals surface area contributed by atoms with Crippen LogP contribution in [0.25, 0.3) is 0 Å². The molecule has 1 amide bonds. The van der Waals surface area contributed by atoms with Crippen molar-refractivity contribution in [2.24, 2.45) is 0 Å². The largest absolute Gasteiger partial charge is 0.480 e. The Morgan fingerprint density at radius 1 is 1.23 bits per heavy atom. The molecule has 5 nitrogen and oxygen atoms in total. The summed E-state index contributed by atoms with van der Waals surface area (Å²) in [6.45, 7) is 2.36. The Kier molecular flexibility index (Phi) is 8.22. The van der Waals surface area contributed by atoms with Crippen LogP contribution in [-0.4, -0.2) is 36.7 Å². The molecule has 0 aliphatic carbocycles. The molecule has 0 saturated heterocycles. The predicted molar refractivity (Wildman–Crippen MR) is 84.8 cm³/mol. The van der Waals surface area contributed by atoms with Gasteiger partial charge in [-0.1, -0.05) is 29.8 Å². The highest BCUT2D eigenvalue weighted by molar-refractivity contribution is 5.83. The molecule has 1 aromatic rings. The summed E-state index contributed by atoms with van der Waals surface area (Å²) in [6.07, 6.45) is 3.21. The Bertz CT molecular complexity index is 470. The highest BCUT2D eigenvalue weighted by Crippen LogP contribution is 2.08. The van der Waals surface area contributed by atoms with Crippen molar-refractivity contribution in [3.05, 3.63) is 35.4 Å². The third kappa shape index (κ3) is 7.22. The van der Waals surface area contributed by atoms with Gasteiger partial charge in [-0.25, -0.2) is 4.79 Å². The van der Waals surface area contributed by atoms with E-state index in [1.165, 1.54) is 18.2 Å². The fourth-order valence-electron chi connectivity index (χ4n) is 2.13. The van der Waals surface area contributed by atoms with E-state index in [0.29, 0.717) is 13.0 Å². The van der Waals surface area contributed by atoms with Gasteiger partial charge in [-0.2, -0.15) is 0 Å². The van der Waals surface area contributed by atoms with Crippen molar-refractivity contribution in [2.75, 3.05) is 13.7 Å². The lowest BCUT2D eigenvalue weighted by atomic mass is 10.1. The molecule has 0 saturated carbocycles. The average molecular weight is 307 g/mol. The number of carbonyl (C=O) groups excluding carboxylic acids is 1. The predicted octanol–water partition coefficient (Wildman–Crippen LogP) is 2.31. The molecule has 0 heterocycles. The first-order valence-corrected chi connectivity index (χ1v) is 7.59. The van der Waals surface area contributed by atoms with Crippen LogP contribution in [0.4, 0.5) is 0 Å². The maximum absolute atomic E-state index is 11.8. The van der Waals surface area contributed by atoms with Crippen LogP contribution in [0, 0.1) is 6.92 Å². The summed E-state index contributed by atoms with van der Waals surface area (Å²) >= 11 is 0. The van der Waals surface area contributed by atoms with Gasteiger partial charge in [0, 0.05) is 26.6 Å². The van der Waals surface area contributed by atoms with Crippen molar-refractivity contribution in [3.63, 3.8) is 0 Å². The molecular formula is C17H25NO4. The minimum absolute atomic E-state index is 0.215. The number of carbonyl (C=O) groups is 2. The second kappa shape index (κ2) is 9.95. The zero-order valence-electron chi connectivity index (χ0n) is 13.3. The van der Waals surface area contributed by atoms with Gasteiger partial charge in [0.25, 0.3) is 0 Å². The number of carboxylic acid groups (broad SMARTS) is 1. The molecule has 0 fully saturated rings. The van der Waals surface area contributed by atoms with Crippen LogP contribution in [0.15, 0.2) is 24.3 Å². The minimum Gasteiger partial charge on any atom is -0.480 e. The number of aliphatic carboxylic acids is 1. The number of aryl methyl sites for hydroxylation is 2. The number of benzene rings is 1. The van der Waals surface area contributed by atoms with Crippen LogP contribution in [0.3, 0.4) is 0 Å². The lowest BCUT2D eigenvalue weighted by Crippen LogP contribution is -2.41. The Hall–Kier alpha value is -1.88. The summed E-state index contributed by atoms with van der Waals surface area (Å²) in [7, 11) is 1.51. The molecule has 22 heavy (non-hydrogen) atoms. The second-order valence-electron chi connectivity index (χ2n) is 5.43. The zero-order chi connectivity index (χ0) is 16.4. The molecule has 0 spiro atoms. The molecule has 1 atom stereocenters. The average Bonchev–Trinajstić information content (AvgIpc) is 2.49. The zero-order valence-corrected chi connectivity index (χ0v) is 13.3. The number of ether oxygens (including phenoxy) is 1. The molecule has 0 radical (unpaired) electrons. The van der Waals surface area contributed by atoms with Gasteiger partial charge in [-0.15, -0.1) is 0 Å². The Morgan fingerprint density at radius 3 is 2.50 bits per heavy atom. The number of carboxylic acids is 1. The van der Waals surface area contributed by atoms with Crippen molar-refractivity contribution >= 4 is 11.9 Å². The standard InChI is InChI=1S/C17H25NO4/c1-13-7-9-14(10-8-13)5-3-4-6-16(19)18-15(17(20)21)11-12-22-2/h7-10,15H,3-6,11-12H2,1-2H3,(H,18,19)(H,20,21). The van der Waals surface area contributed by atoms with Gasteiger partial charge in [-0.3, -0.25) is 4.79 Å². The number of hydrogen-bond acceptors (Lipinski definition) is 3. The van der Waals surface area contributed by atoms with E-state index in [1.54, 1.807) is 0 Å². The third-order valence-corrected chi connectivity index (χ3v) is 3.48. The molecule has 1 aromatic carbocycles. The van der Waals surface area contributed by atoms with Crippen LogP contribution in [0.5, 0.6) is 0 Å². The van der Waals surface area contributed by atoms with E-state index in [2.05, 4.69) is 36.5 Å². The van der Waals surface area contributed by atoms with Gasteiger partial charge in [0.15, 0.2) is 0 Å². The fraction of sp³-hybridized carbons (Fsp3) is 0.529. The first kappa shape index (κ1) is 18.2. The summed E-state index contributed by atoms with van der Waals surface area (Å²) in [5, 5.41) is 11.6. The van der Waals surface area contributed by atoms with E-state index in [-0.39, 0.29) is 12.3 Å². The number of rotatable bonds is 10. The highest BCUT2D eigenvalue weighted by Gasteiger charge is 2.18. The van der Waals surface area contributed by atoms with E-state index >= 15 is 0 Å². The van der Waals surface area contributed by atoms with Gasteiger partial charge in [0.05, 0.1) is 0 Å². The van der Waals surface area contributed by atoms with Crippen molar-refractivity contribution in [3.8, 4) is 0 Å². The highest BCUT2D eigenvalue weighted by atomic mass is 16.5.